The van der Waals surface area contributed by atoms with Gasteiger partial charge in [0.2, 0.25) is 0 Å². The maximum Gasteiger partial charge on any atom is 0.472 e. The van der Waals surface area contributed by atoms with E-state index < -0.39 is 97.5 Å². The van der Waals surface area contributed by atoms with E-state index in [0.29, 0.717) is 25.7 Å². The summed E-state index contributed by atoms with van der Waals surface area (Å²) in [5.41, 5.74) is 0. The van der Waals surface area contributed by atoms with E-state index >= 15 is 0 Å². The molecule has 0 bridgehead atoms. The lowest BCUT2D eigenvalue weighted by Crippen LogP contribution is -2.30. The summed E-state index contributed by atoms with van der Waals surface area (Å²) in [6.45, 7) is 4.74. The zero-order valence-electron chi connectivity index (χ0n) is 59.6. The fourth-order valence-electron chi connectivity index (χ4n) is 10.3. The molecular formula is C75H136O17P2. The van der Waals surface area contributed by atoms with Gasteiger partial charge in [-0.25, -0.2) is 9.13 Å². The van der Waals surface area contributed by atoms with Gasteiger partial charge in [0, 0.05) is 25.7 Å². The Labute approximate surface area is 571 Å². The molecule has 5 atom stereocenters. The average Bonchev–Trinajstić information content (AvgIpc) is 2.15. The number of aliphatic hydroxyl groups is 1. The van der Waals surface area contributed by atoms with Crippen molar-refractivity contribution in [2.45, 2.75) is 354 Å². The van der Waals surface area contributed by atoms with Crippen LogP contribution in [0.15, 0.2) is 60.8 Å². The lowest BCUT2D eigenvalue weighted by atomic mass is 10.0. The van der Waals surface area contributed by atoms with Crippen LogP contribution in [-0.2, 0) is 65.4 Å². The van der Waals surface area contributed by atoms with Crippen LogP contribution in [0.2, 0.25) is 0 Å². The number of esters is 4. The predicted octanol–water partition coefficient (Wildman–Crippen LogP) is 21.1. The molecule has 0 aliphatic heterocycles. The first kappa shape index (κ1) is 90.8. The van der Waals surface area contributed by atoms with Crippen LogP contribution in [0.5, 0.6) is 0 Å². The number of ether oxygens (including phenoxy) is 4. The first-order valence-electron chi connectivity index (χ1n) is 37.5. The molecule has 0 aromatic heterocycles. The topological polar surface area (TPSA) is 237 Å². The summed E-state index contributed by atoms with van der Waals surface area (Å²) < 4.78 is 68.4. The Hall–Kier alpha value is -3.24. The zero-order valence-corrected chi connectivity index (χ0v) is 61.4. The van der Waals surface area contributed by atoms with Gasteiger partial charge < -0.3 is 33.8 Å². The number of unbranched alkanes of at least 4 members (excludes halogenated alkanes) is 35. The fourth-order valence-corrected chi connectivity index (χ4v) is 11.8. The van der Waals surface area contributed by atoms with Crippen molar-refractivity contribution >= 4 is 39.5 Å². The molecule has 0 rings (SSSR count). The molecule has 0 aliphatic rings. The monoisotopic (exact) mass is 1370 g/mol. The molecule has 0 heterocycles. The van der Waals surface area contributed by atoms with Gasteiger partial charge in [0.1, 0.15) is 19.3 Å². The van der Waals surface area contributed by atoms with Gasteiger partial charge in [-0.15, -0.1) is 0 Å². The Bertz CT molecular complexity index is 2030. The van der Waals surface area contributed by atoms with Crippen molar-refractivity contribution in [3.05, 3.63) is 60.8 Å². The van der Waals surface area contributed by atoms with Crippen LogP contribution >= 0.6 is 15.6 Å². The van der Waals surface area contributed by atoms with E-state index in [1.807, 2.05) is 0 Å². The van der Waals surface area contributed by atoms with Crippen molar-refractivity contribution in [1.82, 2.24) is 0 Å². The number of carbonyl (C=O) groups excluding carboxylic acids is 4. The molecule has 0 saturated carbocycles. The van der Waals surface area contributed by atoms with Crippen LogP contribution in [-0.4, -0.2) is 96.7 Å². The molecule has 0 amide bonds. The first-order chi connectivity index (χ1) is 45.7. The minimum Gasteiger partial charge on any atom is -0.462 e. The predicted molar refractivity (Wildman–Crippen MR) is 381 cm³/mol. The highest BCUT2D eigenvalue weighted by molar-refractivity contribution is 7.47. The van der Waals surface area contributed by atoms with Gasteiger partial charge >= 0.3 is 39.5 Å². The van der Waals surface area contributed by atoms with Gasteiger partial charge in [0.25, 0.3) is 0 Å². The summed E-state index contributed by atoms with van der Waals surface area (Å²) >= 11 is 0. The lowest BCUT2D eigenvalue weighted by Gasteiger charge is -2.21. The Morgan fingerprint density at radius 2 is 0.553 bits per heavy atom. The summed E-state index contributed by atoms with van der Waals surface area (Å²) in [7, 11) is -9.93. The lowest BCUT2D eigenvalue weighted by molar-refractivity contribution is -0.161. The standard InChI is InChI=1S/C75H136O17P2/c1-5-9-13-17-21-25-29-32-33-34-35-38-41-44-48-52-56-60-73(78)86-66-71(92-75(80)62-58-54-50-46-42-37-31-27-23-19-15-11-7-3)68-90-94(83,84)88-64-69(76)63-87-93(81,82)89-67-70(91-74(79)61-57-53-49-45-39-28-24-20-16-12-8-4)65-85-72(77)59-55-51-47-43-40-36-30-26-22-18-14-10-6-2/h9,13,21,25-26,30,32-33,35,38,69-71,76H,5-8,10-12,14-20,22-24,27-29,31,34,36-37,39-68H2,1-4H3,(H,81,82)(H,83,84)/b13-9-,25-21-,30-26-,33-32-,38-35-. The molecule has 17 nitrogen and oxygen atoms in total. The average molecular weight is 1370 g/mol. The summed E-state index contributed by atoms with van der Waals surface area (Å²) in [6, 6.07) is 0. The second kappa shape index (κ2) is 68.3. The second-order valence-electron chi connectivity index (χ2n) is 25.2. The third-order valence-corrected chi connectivity index (χ3v) is 17.9. The van der Waals surface area contributed by atoms with Gasteiger partial charge in [0.05, 0.1) is 26.4 Å². The minimum absolute atomic E-state index is 0.0952. The van der Waals surface area contributed by atoms with E-state index in [1.165, 1.54) is 116 Å². The molecule has 0 saturated heterocycles. The highest BCUT2D eigenvalue weighted by atomic mass is 31.2. The van der Waals surface area contributed by atoms with Crippen molar-refractivity contribution in [3.63, 3.8) is 0 Å². The zero-order chi connectivity index (χ0) is 69.0. The Kier molecular flexibility index (Phi) is 65.9. The normalized spacial score (nSPS) is 14.3. The van der Waals surface area contributed by atoms with E-state index in [2.05, 4.69) is 88.5 Å². The number of phosphoric ester groups is 2. The number of rotatable bonds is 71. The smallest absolute Gasteiger partial charge is 0.462 e. The van der Waals surface area contributed by atoms with Gasteiger partial charge in [-0.3, -0.25) is 37.3 Å². The highest BCUT2D eigenvalue weighted by Gasteiger charge is 2.30. The molecule has 0 aromatic rings. The molecule has 548 valence electrons. The molecule has 0 aliphatic carbocycles. The summed E-state index contributed by atoms with van der Waals surface area (Å²) in [4.78, 5) is 72.7. The summed E-state index contributed by atoms with van der Waals surface area (Å²) in [5, 5.41) is 10.6. The van der Waals surface area contributed by atoms with Crippen LogP contribution in [0.3, 0.4) is 0 Å². The molecule has 19 heteroatoms. The summed E-state index contributed by atoms with van der Waals surface area (Å²) in [6.07, 6.45) is 65.0. The number of phosphoric acid groups is 2. The van der Waals surface area contributed by atoms with E-state index in [4.69, 9.17) is 37.0 Å². The SMILES string of the molecule is CC/C=C\C/C=C\C/C=C\C/C=C\CCCCCCC(=O)OCC(COP(=O)(O)OCC(O)COP(=O)(O)OCC(COC(=O)CCCCCCC/C=C\CCCCCC)OC(=O)CCCCCCCCCCCCC)OC(=O)CCCCCCCCCCCCCCC. The Morgan fingerprint density at radius 3 is 0.872 bits per heavy atom. The van der Waals surface area contributed by atoms with Crippen molar-refractivity contribution in [1.29, 1.82) is 0 Å². The highest BCUT2D eigenvalue weighted by Crippen LogP contribution is 2.45. The third kappa shape index (κ3) is 67.3. The van der Waals surface area contributed by atoms with Crippen molar-refractivity contribution in [2.24, 2.45) is 0 Å². The van der Waals surface area contributed by atoms with E-state index in [0.717, 1.165) is 141 Å². The molecule has 0 aromatic carbocycles. The Balaban J connectivity index is 5.31. The maximum absolute atomic E-state index is 13.1. The molecule has 94 heavy (non-hydrogen) atoms. The van der Waals surface area contributed by atoms with E-state index in [-0.39, 0.29) is 25.7 Å². The number of allylic oxidation sites excluding steroid dienone is 10. The van der Waals surface area contributed by atoms with Crippen LogP contribution in [0.1, 0.15) is 336 Å². The first-order valence-corrected chi connectivity index (χ1v) is 40.5. The molecule has 0 fully saturated rings. The van der Waals surface area contributed by atoms with Gasteiger partial charge in [-0.05, 0) is 89.9 Å². The van der Waals surface area contributed by atoms with Crippen LogP contribution in [0.25, 0.3) is 0 Å². The fraction of sp³-hybridized carbons (Fsp3) is 0.813. The van der Waals surface area contributed by atoms with Crippen molar-refractivity contribution in [2.75, 3.05) is 39.6 Å². The molecule has 3 N–H and O–H groups in total. The Morgan fingerprint density at radius 1 is 0.309 bits per heavy atom. The molecular weight excluding hydrogens is 1230 g/mol. The van der Waals surface area contributed by atoms with Crippen LogP contribution in [0, 0.1) is 0 Å². The quantitative estimate of drug-likeness (QED) is 0.0169. The molecule has 0 radical (unpaired) electrons. The van der Waals surface area contributed by atoms with E-state index in [9.17, 15) is 43.2 Å². The van der Waals surface area contributed by atoms with Crippen LogP contribution < -0.4 is 0 Å². The molecule has 0 spiro atoms. The third-order valence-electron chi connectivity index (χ3n) is 16.0. The van der Waals surface area contributed by atoms with Gasteiger partial charge in [-0.2, -0.15) is 0 Å². The molecule has 5 unspecified atom stereocenters. The number of carbonyl (C=O) groups is 4. The number of aliphatic hydroxyl groups excluding tert-OH is 1. The van der Waals surface area contributed by atoms with Gasteiger partial charge in [-0.1, -0.05) is 281 Å². The van der Waals surface area contributed by atoms with Crippen molar-refractivity contribution in [3.8, 4) is 0 Å². The van der Waals surface area contributed by atoms with Crippen molar-refractivity contribution < 1.29 is 80.2 Å². The number of hydrogen-bond donors (Lipinski definition) is 3. The maximum atomic E-state index is 13.1. The van der Waals surface area contributed by atoms with Gasteiger partial charge in [0.15, 0.2) is 12.2 Å². The number of hydrogen-bond acceptors (Lipinski definition) is 15. The van der Waals surface area contributed by atoms with Crippen LogP contribution in [0.4, 0.5) is 0 Å². The van der Waals surface area contributed by atoms with E-state index in [1.54, 1.807) is 0 Å². The summed E-state index contributed by atoms with van der Waals surface area (Å²) in [5.74, 6) is -2.18. The minimum atomic E-state index is -4.97. The second-order valence-corrected chi connectivity index (χ2v) is 28.1. The largest absolute Gasteiger partial charge is 0.472 e.